The van der Waals surface area contributed by atoms with Gasteiger partial charge >= 0.3 is 0 Å². The first-order valence-electron chi connectivity index (χ1n) is 10.0. The molecule has 5 rings (SSSR count). The number of fused-ring (bicyclic) bond motifs is 4. The van der Waals surface area contributed by atoms with Gasteiger partial charge in [-0.05, 0) is 74.9 Å². The number of hydrogen-bond acceptors (Lipinski definition) is 4. The molecule has 1 N–H and O–H groups in total. The highest BCUT2D eigenvalue weighted by Gasteiger charge is 2.42. The average Bonchev–Trinajstić information content (AvgIpc) is 2.66. The second-order valence-corrected chi connectivity index (χ2v) is 8.21. The summed E-state index contributed by atoms with van der Waals surface area (Å²) in [4.78, 5) is 7.00. The van der Waals surface area contributed by atoms with Crippen LogP contribution in [-0.2, 0) is 0 Å². The van der Waals surface area contributed by atoms with Crippen molar-refractivity contribution in [3.05, 3.63) is 36.0 Å². The number of hydrogen-bond donors (Lipinski definition) is 1. The molecule has 3 fully saturated rings. The summed E-state index contributed by atoms with van der Waals surface area (Å²) in [6.45, 7) is 8.60. The molecule has 0 amide bonds. The van der Waals surface area contributed by atoms with Crippen molar-refractivity contribution < 1.29 is 9.84 Å². The van der Waals surface area contributed by atoms with Gasteiger partial charge in [0.1, 0.15) is 5.75 Å². The zero-order chi connectivity index (χ0) is 18.3. The van der Waals surface area contributed by atoms with Crippen LogP contribution < -0.4 is 4.74 Å². The van der Waals surface area contributed by atoms with E-state index in [-0.39, 0.29) is 12.1 Å². The lowest BCUT2D eigenvalue weighted by molar-refractivity contribution is -0.0562. The summed E-state index contributed by atoms with van der Waals surface area (Å²) in [6, 6.07) is 8.18. The van der Waals surface area contributed by atoms with E-state index in [1.807, 2.05) is 44.3 Å². The van der Waals surface area contributed by atoms with Gasteiger partial charge in [-0.1, -0.05) is 13.3 Å². The van der Waals surface area contributed by atoms with E-state index in [0.717, 1.165) is 53.6 Å². The number of benzene rings is 1. The lowest BCUT2D eigenvalue weighted by Gasteiger charge is -2.51. The van der Waals surface area contributed by atoms with Gasteiger partial charge in [-0.25, -0.2) is 0 Å². The van der Waals surface area contributed by atoms with Crippen molar-refractivity contribution in [2.75, 3.05) is 13.1 Å². The zero-order valence-corrected chi connectivity index (χ0v) is 16.1. The quantitative estimate of drug-likeness (QED) is 0.875. The van der Waals surface area contributed by atoms with E-state index in [0.29, 0.717) is 0 Å². The van der Waals surface area contributed by atoms with E-state index in [9.17, 15) is 5.11 Å². The van der Waals surface area contributed by atoms with Crippen molar-refractivity contribution in [2.24, 2.45) is 11.8 Å². The number of rotatable bonds is 5. The van der Waals surface area contributed by atoms with Gasteiger partial charge in [-0.15, -0.1) is 0 Å². The summed E-state index contributed by atoms with van der Waals surface area (Å²) in [5.74, 6) is 2.40. The van der Waals surface area contributed by atoms with Gasteiger partial charge in [-0.3, -0.25) is 9.88 Å². The summed E-state index contributed by atoms with van der Waals surface area (Å²) >= 11 is 0. The van der Waals surface area contributed by atoms with Crippen molar-refractivity contribution in [3.63, 3.8) is 0 Å². The van der Waals surface area contributed by atoms with Crippen LogP contribution in [0.1, 0.15) is 51.7 Å². The SMILES string of the molecule is CC[C@H]1CN2CC[C@H]1C[C@H]2[C@H](O)c1ccnc2ccc(OC(C)C)cc12. The molecular formula is C22H30N2O2. The van der Waals surface area contributed by atoms with Crippen LogP contribution in [0.5, 0.6) is 5.75 Å². The maximum absolute atomic E-state index is 11.3. The Morgan fingerprint density at radius 2 is 2.15 bits per heavy atom. The maximum atomic E-state index is 11.3. The first-order valence-corrected chi connectivity index (χ1v) is 10.0. The highest BCUT2D eigenvalue weighted by molar-refractivity contribution is 5.84. The molecule has 4 nitrogen and oxygen atoms in total. The van der Waals surface area contributed by atoms with Crippen LogP contribution in [0.2, 0.25) is 0 Å². The second kappa shape index (κ2) is 7.16. The summed E-state index contributed by atoms with van der Waals surface area (Å²) in [5, 5.41) is 12.3. The fourth-order valence-corrected chi connectivity index (χ4v) is 4.93. The monoisotopic (exact) mass is 354 g/mol. The number of ether oxygens (including phenoxy) is 1. The van der Waals surface area contributed by atoms with Crippen LogP contribution in [0.15, 0.2) is 30.5 Å². The third-order valence-electron chi connectivity index (χ3n) is 6.26. The largest absolute Gasteiger partial charge is 0.491 e. The van der Waals surface area contributed by atoms with Crippen molar-refractivity contribution in [2.45, 2.75) is 58.3 Å². The molecule has 1 aromatic carbocycles. The third kappa shape index (κ3) is 3.21. The van der Waals surface area contributed by atoms with Gasteiger partial charge < -0.3 is 9.84 Å². The Kier molecular flexibility index (Phi) is 4.89. The Labute approximate surface area is 156 Å². The summed E-state index contributed by atoms with van der Waals surface area (Å²) in [5.41, 5.74) is 1.90. The minimum absolute atomic E-state index is 0.128. The molecule has 26 heavy (non-hydrogen) atoms. The number of aliphatic hydroxyl groups excluding tert-OH is 1. The molecule has 0 saturated carbocycles. The van der Waals surface area contributed by atoms with Crippen molar-refractivity contribution in [1.82, 2.24) is 9.88 Å². The Bertz CT molecular complexity index is 776. The third-order valence-corrected chi connectivity index (χ3v) is 6.26. The van der Waals surface area contributed by atoms with Gasteiger partial charge in [0, 0.05) is 24.2 Å². The van der Waals surface area contributed by atoms with E-state index < -0.39 is 6.10 Å². The van der Waals surface area contributed by atoms with Gasteiger partial charge in [0.15, 0.2) is 0 Å². The number of pyridine rings is 1. The number of piperidine rings is 3. The lowest BCUT2D eigenvalue weighted by Crippen LogP contribution is -2.55. The first kappa shape index (κ1) is 17.7. The van der Waals surface area contributed by atoms with Crippen LogP contribution in [0.3, 0.4) is 0 Å². The Balaban J connectivity index is 1.65. The zero-order valence-electron chi connectivity index (χ0n) is 16.1. The summed E-state index contributed by atoms with van der Waals surface area (Å²) < 4.78 is 5.86. The molecule has 0 aliphatic carbocycles. The van der Waals surface area contributed by atoms with Gasteiger partial charge in [0.05, 0.1) is 17.7 Å². The molecule has 140 valence electrons. The topological polar surface area (TPSA) is 45.6 Å². The minimum Gasteiger partial charge on any atom is -0.491 e. The Morgan fingerprint density at radius 3 is 2.85 bits per heavy atom. The van der Waals surface area contributed by atoms with Crippen molar-refractivity contribution in [3.8, 4) is 5.75 Å². The van der Waals surface area contributed by atoms with Gasteiger partial charge in [0.25, 0.3) is 0 Å². The van der Waals surface area contributed by atoms with E-state index in [4.69, 9.17) is 4.74 Å². The van der Waals surface area contributed by atoms with Crippen LogP contribution >= 0.6 is 0 Å². The predicted molar refractivity (Wildman–Crippen MR) is 104 cm³/mol. The number of aliphatic hydroxyl groups is 1. The van der Waals surface area contributed by atoms with Crippen LogP contribution in [0.4, 0.5) is 0 Å². The maximum Gasteiger partial charge on any atom is 0.120 e. The minimum atomic E-state index is -0.476. The highest BCUT2D eigenvalue weighted by atomic mass is 16.5. The fourth-order valence-electron chi connectivity index (χ4n) is 4.93. The molecule has 1 aromatic heterocycles. The number of aromatic nitrogens is 1. The molecular weight excluding hydrogens is 324 g/mol. The first-order chi connectivity index (χ1) is 12.6. The lowest BCUT2D eigenvalue weighted by atomic mass is 9.72. The van der Waals surface area contributed by atoms with E-state index in [1.165, 1.54) is 12.8 Å². The van der Waals surface area contributed by atoms with Gasteiger partial charge in [0.2, 0.25) is 0 Å². The van der Waals surface area contributed by atoms with Crippen molar-refractivity contribution in [1.29, 1.82) is 0 Å². The molecule has 1 unspecified atom stereocenters. The predicted octanol–water partition coefficient (Wildman–Crippen LogP) is 4.18. The second-order valence-electron chi connectivity index (χ2n) is 8.21. The Hall–Kier alpha value is -1.65. The fraction of sp³-hybridized carbons (Fsp3) is 0.591. The summed E-state index contributed by atoms with van der Waals surface area (Å²) in [7, 11) is 0. The van der Waals surface area contributed by atoms with Crippen molar-refractivity contribution >= 4 is 10.9 Å². The molecule has 2 bridgehead atoms. The van der Waals surface area contributed by atoms with E-state index in [1.54, 1.807) is 0 Å². The molecule has 4 heteroatoms. The molecule has 2 aromatic rings. The molecule has 5 atom stereocenters. The number of nitrogens with zero attached hydrogens (tertiary/aromatic N) is 2. The van der Waals surface area contributed by atoms with Crippen LogP contribution in [0, 0.1) is 11.8 Å². The van der Waals surface area contributed by atoms with E-state index >= 15 is 0 Å². The molecule has 3 aliphatic heterocycles. The van der Waals surface area contributed by atoms with Crippen LogP contribution in [-0.4, -0.2) is 40.2 Å². The molecule has 4 heterocycles. The molecule has 0 radical (unpaired) electrons. The average molecular weight is 354 g/mol. The van der Waals surface area contributed by atoms with Gasteiger partial charge in [-0.2, -0.15) is 0 Å². The smallest absolute Gasteiger partial charge is 0.120 e. The molecule has 3 saturated heterocycles. The van der Waals surface area contributed by atoms with E-state index in [2.05, 4.69) is 16.8 Å². The highest BCUT2D eigenvalue weighted by Crippen LogP contribution is 2.42. The standard InChI is InChI=1S/C22H30N2O2/c1-4-15-13-24-10-8-16(15)11-21(24)22(25)18-7-9-23-20-6-5-17(12-19(18)20)26-14(2)3/h5-7,9,12,14-16,21-22,25H,4,8,10-11,13H2,1-3H3/t15-,16-,21-,22+/m0/s1. The molecule has 3 aliphatic rings. The summed E-state index contributed by atoms with van der Waals surface area (Å²) in [6.07, 6.45) is 5.10. The normalized spacial score (nSPS) is 29.3. The molecule has 0 spiro atoms. The Morgan fingerprint density at radius 1 is 1.31 bits per heavy atom. The van der Waals surface area contributed by atoms with Crippen LogP contribution in [0.25, 0.3) is 10.9 Å².